The predicted octanol–water partition coefficient (Wildman–Crippen LogP) is 2.61. The number of amides is 1. The van der Waals surface area contributed by atoms with Crippen LogP contribution in [0.25, 0.3) is 5.76 Å². The van der Waals surface area contributed by atoms with Crippen LogP contribution in [0.2, 0.25) is 0 Å². The van der Waals surface area contributed by atoms with E-state index in [0.29, 0.717) is 24.5 Å². The summed E-state index contributed by atoms with van der Waals surface area (Å²) < 4.78 is 14.7. The highest BCUT2D eigenvalue weighted by Gasteiger charge is 2.46. The van der Waals surface area contributed by atoms with Crippen molar-refractivity contribution in [2.24, 2.45) is 0 Å². The van der Waals surface area contributed by atoms with E-state index < -0.39 is 29.3 Å². The first-order chi connectivity index (χ1) is 14.2. The molecule has 0 bridgehead atoms. The minimum Gasteiger partial charge on any atom is -0.507 e. The Kier molecular flexibility index (Phi) is 6.26. The van der Waals surface area contributed by atoms with Crippen LogP contribution in [-0.4, -0.2) is 63.7 Å². The molecule has 0 saturated carbocycles. The summed E-state index contributed by atoms with van der Waals surface area (Å²) >= 11 is 0. The Bertz CT molecular complexity index is 1020. The second-order valence-electron chi connectivity index (χ2n) is 7.59. The van der Waals surface area contributed by atoms with Gasteiger partial charge in [0, 0.05) is 18.3 Å². The normalized spacial score (nSPS) is 18.5. The summed E-state index contributed by atoms with van der Waals surface area (Å²) in [5.74, 6) is -2.03. The molecule has 3 rings (SSSR count). The molecular weight excluding hydrogens is 387 g/mol. The van der Waals surface area contributed by atoms with Gasteiger partial charge in [0.05, 0.1) is 22.9 Å². The number of Topliss-reactive ketones (excluding diaryl/α,β-unsaturated/α-hetero) is 1. The van der Waals surface area contributed by atoms with Crippen LogP contribution in [0.3, 0.4) is 0 Å². The molecule has 0 aliphatic carbocycles. The van der Waals surface area contributed by atoms with E-state index in [1.165, 1.54) is 29.3 Å². The van der Waals surface area contributed by atoms with Gasteiger partial charge in [-0.25, -0.2) is 14.4 Å². The molecule has 8 heteroatoms. The molecule has 1 unspecified atom stereocenters. The van der Waals surface area contributed by atoms with E-state index in [0.717, 1.165) is 0 Å². The van der Waals surface area contributed by atoms with Gasteiger partial charge in [-0.3, -0.25) is 9.59 Å². The van der Waals surface area contributed by atoms with Crippen LogP contribution < -0.4 is 0 Å². The third-order valence-electron chi connectivity index (χ3n) is 5.10. The van der Waals surface area contributed by atoms with E-state index >= 15 is 0 Å². The Morgan fingerprint density at radius 3 is 2.57 bits per heavy atom. The van der Waals surface area contributed by atoms with Gasteiger partial charge in [-0.15, -0.1) is 0 Å². The third kappa shape index (κ3) is 4.09. The maximum atomic E-state index is 14.7. The van der Waals surface area contributed by atoms with Crippen LogP contribution in [0.1, 0.15) is 35.1 Å². The second kappa shape index (κ2) is 8.71. The molecular formula is C22H25FN4O3. The molecule has 2 heterocycles. The molecule has 7 nitrogen and oxygen atoms in total. The van der Waals surface area contributed by atoms with Crippen LogP contribution in [0.15, 0.2) is 36.0 Å². The number of halogens is 1. The number of hydrogen-bond acceptors (Lipinski definition) is 6. The average Bonchev–Trinajstić information content (AvgIpc) is 2.92. The zero-order chi connectivity index (χ0) is 22.0. The number of carbonyl (C=O) groups excluding carboxylic acids is 2. The minimum atomic E-state index is -1.02. The number of likely N-dealkylation sites (tertiary alicyclic amines) is 1. The fraction of sp³-hybridized carbons (Fsp3) is 0.364. The van der Waals surface area contributed by atoms with Gasteiger partial charge >= 0.3 is 0 Å². The van der Waals surface area contributed by atoms with Crippen molar-refractivity contribution in [3.8, 4) is 0 Å². The van der Waals surface area contributed by atoms with Gasteiger partial charge in [0.1, 0.15) is 17.4 Å². The van der Waals surface area contributed by atoms with E-state index in [9.17, 15) is 19.1 Å². The molecule has 1 atom stereocenters. The number of benzene rings is 1. The number of ketones is 1. The van der Waals surface area contributed by atoms with Gasteiger partial charge < -0.3 is 14.9 Å². The summed E-state index contributed by atoms with van der Waals surface area (Å²) in [6.07, 6.45) is 2.00. The number of rotatable bonds is 6. The first-order valence-corrected chi connectivity index (χ1v) is 9.70. The fourth-order valence-electron chi connectivity index (χ4n) is 3.65. The van der Waals surface area contributed by atoms with Crippen LogP contribution in [-0.2, 0) is 9.59 Å². The smallest absolute Gasteiger partial charge is 0.295 e. The van der Waals surface area contributed by atoms with Crippen LogP contribution in [0, 0.1) is 19.7 Å². The van der Waals surface area contributed by atoms with Crippen LogP contribution in [0.5, 0.6) is 0 Å². The van der Waals surface area contributed by atoms with Crippen molar-refractivity contribution < 1.29 is 19.1 Å². The Hall–Kier alpha value is -3.13. The molecule has 1 aromatic heterocycles. The summed E-state index contributed by atoms with van der Waals surface area (Å²) in [5.41, 5.74) is 0.721. The lowest BCUT2D eigenvalue weighted by Crippen LogP contribution is -2.32. The Morgan fingerprint density at radius 1 is 1.23 bits per heavy atom. The van der Waals surface area contributed by atoms with Crippen molar-refractivity contribution in [2.45, 2.75) is 26.3 Å². The number of hydrogen-bond donors (Lipinski definition) is 1. The highest BCUT2D eigenvalue weighted by Crippen LogP contribution is 2.40. The van der Waals surface area contributed by atoms with Crippen molar-refractivity contribution in [3.63, 3.8) is 0 Å². The Morgan fingerprint density at radius 2 is 1.93 bits per heavy atom. The zero-order valence-corrected chi connectivity index (χ0v) is 17.5. The van der Waals surface area contributed by atoms with E-state index in [1.54, 1.807) is 19.9 Å². The largest absolute Gasteiger partial charge is 0.507 e. The highest BCUT2D eigenvalue weighted by atomic mass is 19.1. The van der Waals surface area contributed by atoms with Gasteiger partial charge in [-0.05, 0) is 47.0 Å². The lowest BCUT2D eigenvalue weighted by molar-refractivity contribution is -0.140. The van der Waals surface area contributed by atoms with Crippen molar-refractivity contribution in [1.82, 2.24) is 19.8 Å². The molecule has 0 radical (unpaired) electrons. The quantitative estimate of drug-likeness (QED) is 0.446. The summed E-state index contributed by atoms with van der Waals surface area (Å²) in [4.78, 5) is 37.3. The molecule has 1 aliphatic rings. The summed E-state index contributed by atoms with van der Waals surface area (Å²) in [7, 11) is 3.81. The first-order valence-electron chi connectivity index (χ1n) is 9.70. The molecule has 30 heavy (non-hydrogen) atoms. The van der Waals surface area contributed by atoms with E-state index in [1.807, 2.05) is 19.0 Å². The Labute approximate surface area is 174 Å². The number of nitrogens with zero attached hydrogens (tertiary/aromatic N) is 4. The molecule has 1 amide bonds. The molecule has 1 aromatic carbocycles. The molecule has 1 fully saturated rings. The number of aromatic nitrogens is 2. The first kappa shape index (κ1) is 21.6. The van der Waals surface area contributed by atoms with Crippen molar-refractivity contribution in [2.75, 3.05) is 27.2 Å². The lowest BCUT2D eigenvalue weighted by atomic mass is 9.95. The SMILES string of the molecule is Cc1ncc(C(O)=C2C(=O)C(=O)N(CCCN(C)C)C2c2ccccc2F)c(C)n1. The second-order valence-corrected chi connectivity index (χ2v) is 7.59. The van der Waals surface area contributed by atoms with Gasteiger partial charge in [0.25, 0.3) is 11.7 Å². The number of carbonyl (C=O) groups is 2. The minimum absolute atomic E-state index is 0.148. The van der Waals surface area contributed by atoms with Crippen LogP contribution >= 0.6 is 0 Å². The number of aryl methyl sites for hydroxylation is 2. The van der Waals surface area contributed by atoms with Gasteiger partial charge in [-0.1, -0.05) is 18.2 Å². The maximum Gasteiger partial charge on any atom is 0.295 e. The molecule has 1 saturated heterocycles. The van der Waals surface area contributed by atoms with Crippen molar-refractivity contribution in [3.05, 3.63) is 64.5 Å². The molecule has 0 spiro atoms. The van der Waals surface area contributed by atoms with E-state index in [2.05, 4.69) is 9.97 Å². The standard InChI is InChI=1S/C22H25FN4O3/c1-13-16(12-24-14(2)25-13)20(28)18-19(15-8-5-6-9-17(15)23)27(22(30)21(18)29)11-7-10-26(3)4/h5-6,8-9,12,19,28H,7,10-11H2,1-4H3. The van der Waals surface area contributed by atoms with Gasteiger partial charge in [0.15, 0.2) is 0 Å². The molecule has 2 aromatic rings. The average molecular weight is 412 g/mol. The summed E-state index contributed by atoms with van der Waals surface area (Å²) in [6, 6.07) is 4.95. The van der Waals surface area contributed by atoms with Gasteiger partial charge in [-0.2, -0.15) is 0 Å². The molecule has 1 aliphatic heterocycles. The van der Waals surface area contributed by atoms with Crippen LogP contribution in [0.4, 0.5) is 4.39 Å². The van der Waals surface area contributed by atoms with E-state index in [-0.39, 0.29) is 23.2 Å². The number of aliphatic hydroxyl groups is 1. The van der Waals surface area contributed by atoms with Crippen molar-refractivity contribution in [1.29, 1.82) is 0 Å². The molecule has 158 valence electrons. The monoisotopic (exact) mass is 412 g/mol. The van der Waals surface area contributed by atoms with Crippen molar-refractivity contribution >= 4 is 17.4 Å². The predicted molar refractivity (Wildman–Crippen MR) is 110 cm³/mol. The fourth-order valence-corrected chi connectivity index (χ4v) is 3.65. The lowest BCUT2D eigenvalue weighted by Gasteiger charge is -2.26. The zero-order valence-electron chi connectivity index (χ0n) is 17.5. The Balaban J connectivity index is 2.15. The maximum absolute atomic E-state index is 14.7. The van der Waals surface area contributed by atoms with E-state index in [4.69, 9.17) is 0 Å². The topological polar surface area (TPSA) is 86.6 Å². The summed E-state index contributed by atoms with van der Waals surface area (Å²) in [5, 5.41) is 11.0. The number of aliphatic hydroxyl groups excluding tert-OH is 1. The third-order valence-corrected chi connectivity index (χ3v) is 5.10. The molecule has 1 N–H and O–H groups in total. The highest BCUT2D eigenvalue weighted by molar-refractivity contribution is 6.46. The van der Waals surface area contributed by atoms with Gasteiger partial charge in [0.2, 0.25) is 0 Å². The summed E-state index contributed by atoms with van der Waals surface area (Å²) in [6.45, 7) is 4.33.